The molecule has 1 amide bonds. The van der Waals surface area contributed by atoms with E-state index in [0.717, 1.165) is 30.1 Å². The van der Waals surface area contributed by atoms with Gasteiger partial charge in [0.1, 0.15) is 5.75 Å². The van der Waals surface area contributed by atoms with Crippen LogP contribution in [0.25, 0.3) is 0 Å². The van der Waals surface area contributed by atoms with Gasteiger partial charge in [-0.15, -0.1) is 11.8 Å². The van der Waals surface area contributed by atoms with E-state index in [1.165, 1.54) is 23.9 Å². The van der Waals surface area contributed by atoms with Gasteiger partial charge in [0.25, 0.3) is 5.69 Å². The van der Waals surface area contributed by atoms with Crippen molar-refractivity contribution < 1.29 is 14.5 Å². The Hall–Kier alpha value is -2.74. The summed E-state index contributed by atoms with van der Waals surface area (Å²) in [5, 5.41) is 10.7. The summed E-state index contributed by atoms with van der Waals surface area (Å²) in [5.41, 5.74) is 2.20. The number of anilines is 1. The van der Waals surface area contributed by atoms with Crippen molar-refractivity contribution in [3.63, 3.8) is 0 Å². The topological polar surface area (TPSA) is 75.9 Å². The molecule has 148 valence electrons. The van der Waals surface area contributed by atoms with Gasteiger partial charge in [-0.1, -0.05) is 12.1 Å². The molecule has 0 atom stereocenters. The molecule has 8 heteroatoms. The molecule has 3 rings (SSSR count). The van der Waals surface area contributed by atoms with Crippen molar-refractivity contribution >= 4 is 29.0 Å². The lowest BCUT2D eigenvalue weighted by atomic mass is 10.2. The lowest BCUT2D eigenvalue weighted by Gasteiger charge is -2.36. The minimum Gasteiger partial charge on any atom is -0.497 e. The van der Waals surface area contributed by atoms with E-state index in [1.54, 1.807) is 19.2 Å². The molecule has 1 aliphatic heterocycles. The van der Waals surface area contributed by atoms with Crippen molar-refractivity contribution in [1.82, 2.24) is 4.90 Å². The summed E-state index contributed by atoms with van der Waals surface area (Å²) in [5.74, 6) is 2.05. The number of benzene rings is 2. The number of nitrogens with zero attached hydrogens (tertiary/aromatic N) is 3. The molecule has 1 heterocycles. The summed E-state index contributed by atoms with van der Waals surface area (Å²) >= 11 is 1.54. The maximum absolute atomic E-state index is 12.4. The fourth-order valence-corrected chi connectivity index (χ4v) is 3.96. The number of hydrogen-bond acceptors (Lipinski definition) is 6. The normalized spacial score (nSPS) is 14.0. The molecule has 1 fully saturated rings. The third-order valence-corrected chi connectivity index (χ3v) is 5.70. The third kappa shape index (κ3) is 5.16. The summed E-state index contributed by atoms with van der Waals surface area (Å²) in [6.07, 6.45) is 0. The molecule has 0 bridgehead atoms. The second-order valence-electron chi connectivity index (χ2n) is 6.48. The number of hydrogen-bond donors (Lipinski definition) is 0. The number of thioether (sulfide) groups is 1. The van der Waals surface area contributed by atoms with Crippen LogP contribution in [-0.4, -0.2) is 54.8 Å². The SMILES string of the molecule is COc1ccc(N2CCN(C(=O)CSCc3ccc([N+](=O)[O-])cc3)CC2)cc1. The molecule has 1 aliphatic rings. The zero-order valence-electron chi connectivity index (χ0n) is 15.7. The van der Waals surface area contributed by atoms with Gasteiger partial charge in [-0.3, -0.25) is 14.9 Å². The molecule has 2 aromatic rings. The van der Waals surface area contributed by atoms with E-state index < -0.39 is 4.92 Å². The van der Waals surface area contributed by atoms with Gasteiger partial charge >= 0.3 is 0 Å². The fraction of sp³-hybridized carbons (Fsp3) is 0.350. The molecule has 0 aliphatic carbocycles. The van der Waals surface area contributed by atoms with E-state index in [1.807, 2.05) is 29.2 Å². The zero-order valence-corrected chi connectivity index (χ0v) is 16.6. The third-order valence-electron chi connectivity index (χ3n) is 4.71. The van der Waals surface area contributed by atoms with E-state index in [2.05, 4.69) is 4.90 Å². The predicted molar refractivity (Wildman–Crippen MR) is 111 cm³/mol. The quantitative estimate of drug-likeness (QED) is 0.524. The Kier molecular flexibility index (Phi) is 6.76. The van der Waals surface area contributed by atoms with Crippen LogP contribution >= 0.6 is 11.8 Å². The first-order valence-corrected chi connectivity index (χ1v) is 10.2. The highest BCUT2D eigenvalue weighted by Gasteiger charge is 2.21. The van der Waals surface area contributed by atoms with Crippen LogP contribution in [-0.2, 0) is 10.5 Å². The minimum absolute atomic E-state index is 0.0829. The summed E-state index contributed by atoms with van der Waals surface area (Å²) < 4.78 is 5.19. The van der Waals surface area contributed by atoms with Gasteiger partial charge in [0.2, 0.25) is 5.91 Å². The summed E-state index contributed by atoms with van der Waals surface area (Å²) in [6, 6.07) is 14.4. The van der Waals surface area contributed by atoms with Gasteiger partial charge in [-0.2, -0.15) is 0 Å². The average molecular weight is 401 g/mol. The molecule has 0 unspecified atom stereocenters. The second-order valence-corrected chi connectivity index (χ2v) is 7.47. The average Bonchev–Trinajstić information content (AvgIpc) is 2.74. The fourth-order valence-electron chi connectivity index (χ4n) is 3.07. The second kappa shape index (κ2) is 9.45. The Balaban J connectivity index is 1.41. The number of carbonyl (C=O) groups excluding carboxylic acids is 1. The lowest BCUT2D eigenvalue weighted by molar-refractivity contribution is -0.384. The highest BCUT2D eigenvalue weighted by molar-refractivity contribution is 7.99. The van der Waals surface area contributed by atoms with Crippen molar-refractivity contribution in [2.75, 3.05) is 43.9 Å². The number of carbonyl (C=O) groups is 1. The molecule has 1 saturated heterocycles. The first-order valence-electron chi connectivity index (χ1n) is 9.04. The molecule has 28 heavy (non-hydrogen) atoms. The van der Waals surface area contributed by atoms with E-state index in [-0.39, 0.29) is 11.6 Å². The number of rotatable bonds is 7. The molecule has 0 spiro atoms. The van der Waals surface area contributed by atoms with Crippen LogP contribution in [0.4, 0.5) is 11.4 Å². The first kappa shape index (κ1) is 20.0. The standard InChI is InChI=1S/C20H23N3O4S/c1-27-19-8-6-17(7-9-19)21-10-12-22(13-11-21)20(24)15-28-14-16-2-4-18(5-3-16)23(25)26/h2-9H,10-15H2,1H3. The van der Waals surface area contributed by atoms with Crippen molar-refractivity contribution in [2.24, 2.45) is 0 Å². The number of nitro groups is 1. The molecular weight excluding hydrogens is 378 g/mol. The monoisotopic (exact) mass is 401 g/mol. The summed E-state index contributed by atoms with van der Waals surface area (Å²) in [6.45, 7) is 3.04. The van der Waals surface area contributed by atoms with E-state index in [0.29, 0.717) is 24.6 Å². The van der Waals surface area contributed by atoms with Crippen LogP contribution in [0.3, 0.4) is 0 Å². The van der Waals surface area contributed by atoms with Crippen LogP contribution in [0.1, 0.15) is 5.56 Å². The number of non-ortho nitro benzene ring substituents is 1. The lowest BCUT2D eigenvalue weighted by Crippen LogP contribution is -2.49. The van der Waals surface area contributed by atoms with Crippen LogP contribution in [0.2, 0.25) is 0 Å². The van der Waals surface area contributed by atoms with Crippen LogP contribution in [0.15, 0.2) is 48.5 Å². The maximum Gasteiger partial charge on any atom is 0.269 e. The summed E-state index contributed by atoms with van der Waals surface area (Å²) in [4.78, 5) is 26.9. The number of ether oxygens (including phenoxy) is 1. The van der Waals surface area contributed by atoms with Crippen LogP contribution in [0.5, 0.6) is 5.75 Å². The molecule has 2 aromatic carbocycles. The summed E-state index contributed by atoms with van der Waals surface area (Å²) in [7, 11) is 1.65. The van der Waals surface area contributed by atoms with Crippen LogP contribution in [0, 0.1) is 10.1 Å². The van der Waals surface area contributed by atoms with Crippen molar-refractivity contribution in [3.8, 4) is 5.75 Å². The molecule has 0 aromatic heterocycles. The Morgan fingerprint density at radius 3 is 2.29 bits per heavy atom. The number of piperazine rings is 1. The zero-order chi connectivity index (χ0) is 19.9. The molecule has 0 saturated carbocycles. The van der Waals surface area contributed by atoms with Gasteiger partial charge in [0.15, 0.2) is 0 Å². The largest absolute Gasteiger partial charge is 0.497 e. The van der Waals surface area contributed by atoms with Crippen molar-refractivity contribution in [2.45, 2.75) is 5.75 Å². The Morgan fingerprint density at radius 1 is 1.07 bits per heavy atom. The van der Waals surface area contributed by atoms with Crippen LogP contribution < -0.4 is 9.64 Å². The highest BCUT2D eigenvalue weighted by Crippen LogP contribution is 2.21. The Morgan fingerprint density at radius 2 is 1.71 bits per heavy atom. The van der Waals surface area contributed by atoms with Gasteiger partial charge in [0.05, 0.1) is 17.8 Å². The molecular formula is C20H23N3O4S. The predicted octanol–water partition coefficient (Wildman–Crippen LogP) is 3.19. The van der Waals surface area contributed by atoms with Crippen molar-refractivity contribution in [3.05, 3.63) is 64.2 Å². The van der Waals surface area contributed by atoms with E-state index in [9.17, 15) is 14.9 Å². The Labute approximate surface area is 168 Å². The number of amides is 1. The van der Waals surface area contributed by atoms with E-state index in [4.69, 9.17) is 4.74 Å². The number of nitro benzene ring substituents is 1. The number of methoxy groups -OCH3 is 1. The molecule has 7 nitrogen and oxygen atoms in total. The molecule has 0 N–H and O–H groups in total. The van der Waals surface area contributed by atoms with Crippen molar-refractivity contribution in [1.29, 1.82) is 0 Å². The minimum atomic E-state index is -0.411. The maximum atomic E-state index is 12.4. The highest BCUT2D eigenvalue weighted by atomic mass is 32.2. The Bertz CT molecular complexity index is 803. The smallest absolute Gasteiger partial charge is 0.269 e. The van der Waals surface area contributed by atoms with E-state index >= 15 is 0 Å². The van der Waals surface area contributed by atoms with Gasteiger partial charge in [-0.05, 0) is 29.8 Å². The molecule has 0 radical (unpaired) electrons. The van der Waals surface area contributed by atoms with Gasteiger partial charge in [0, 0.05) is 49.8 Å². The van der Waals surface area contributed by atoms with Gasteiger partial charge < -0.3 is 14.5 Å². The van der Waals surface area contributed by atoms with Gasteiger partial charge in [-0.25, -0.2) is 0 Å². The first-order chi connectivity index (χ1) is 13.6.